The number of aromatic nitrogens is 3. The molecule has 4 aromatic rings. The molecule has 0 aliphatic carbocycles. The van der Waals surface area contributed by atoms with Crippen LogP contribution in [0.25, 0.3) is 0 Å². The van der Waals surface area contributed by atoms with Crippen molar-refractivity contribution in [2.24, 2.45) is 7.05 Å². The Labute approximate surface area is 272 Å². The van der Waals surface area contributed by atoms with Crippen molar-refractivity contribution in [2.45, 2.75) is 68.8 Å². The maximum Gasteiger partial charge on any atom is 0.224 e. The van der Waals surface area contributed by atoms with Crippen LogP contribution in [-0.4, -0.2) is 43.5 Å². The highest BCUT2D eigenvalue weighted by atomic mass is 32.2. The van der Waals surface area contributed by atoms with E-state index in [1.54, 1.807) is 30.2 Å². The van der Waals surface area contributed by atoms with Crippen molar-refractivity contribution in [2.75, 3.05) is 22.1 Å². The van der Waals surface area contributed by atoms with E-state index in [2.05, 4.69) is 20.8 Å². The number of nitrogen functional groups attached to an aromatic ring is 1. The fourth-order valence-corrected chi connectivity index (χ4v) is 6.06. The Balaban J connectivity index is 1.14. The lowest BCUT2D eigenvalue weighted by Crippen LogP contribution is -2.31. The number of aliphatic hydroxyl groups is 1. The van der Waals surface area contributed by atoms with E-state index in [0.717, 1.165) is 28.3 Å². The molecule has 0 saturated carbocycles. The van der Waals surface area contributed by atoms with Gasteiger partial charge in [-0.1, -0.05) is 66.7 Å². The number of nitrogens with one attached hydrogen (secondary N) is 2. The third-order valence-electron chi connectivity index (χ3n) is 7.67. The SMILES string of the molecule is Cn1cnnc1SC[C@H]1C[C@@H](c2ccc(CO)cc2)O[C@@H](c2cccc(NC(=O)CCCCCC(=O)Nc3ccccc3N)c2)O1. The van der Waals surface area contributed by atoms with Crippen LogP contribution in [0.15, 0.2) is 84.3 Å². The molecule has 46 heavy (non-hydrogen) atoms. The van der Waals surface area contributed by atoms with Gasteiger partial charge in [-0.25, -0.2) is 0 Å². The average Bonchev–Trinajstić information content (AvgIpc) is 3.49. The molecule has 5 N–H and O–H groups in total. The minimum atomic E-state index is -0.643. The number of nitrogens with zero attached hydrogens (tertiary/aromatic N) is 3. The summed E-state index contributed by atoms with van der Waals surface area (Å²) >= 11 is 1.58. The number of carbonyl (C=O) groups is 2. The lowest BCUT2D eigenvalue weighted by Gasteiger charge is -2.36. The topological polar surface area (TPSA) is 154 Å². The zero-order valence-corrected chi connectivity index (χ0v) is 26.6. The van der Waals surface area contributed by atoms with Crippen molar-refractivity contribution in [3.8, 4) is 0 Å². The molecule has 0 spiro atoms. The fraction of sp³-hybridized carbons (Fsp3) is 0.353. The fourth-order valence-electron chi connectivity index (χ4n) is 5.15. The predicted molar refractivity (Wildman–Crippen MR) is 178 cm³/mol. The Morgan fingerprint density at radius 3 is 2.43 bits per heavy atom. The third kappa shape index (κ3) is 9.39. The van der Waals surface area contributed by atoms with Crippen LogP contribution < -0.4 is 16.4 Å². The molecule has 3 aromatic carbocycles. The highest BCUT2D eigenvalue weighted by Gasteiger charge is 2.32. The molecule has 0 radical (unpaired) electrons. The van der Waals surface area contributed by atoms with E-state index in [4.69, 9.17) is 15.2 Å². The maximum absolute atomic E-state index is 12.7. The summed E-state index contributed by atoms with van der Waals surface area (Å²) in [5, 5.41) is 24.2. The van der Waals surface area contributed by atoms with E-state index < -0.39 is 6.29 Å². The molecule has 11 nitrogen and oxygen atoms in total. The van der Waals surface area contributed by atoms with Crippen molar-refractivity contribution < 1.29 is 24.2 Å². The first-order valence-electron chi connectivity index (χ1n) is 15.4. The van der Waals surface area contributed by atoms with Crippen LogP contribution in [-0.2, 0) is 32.7 Å². The molecule has 0 unspecified atom stereocenters. The van der Waals surface area contributed by atoms with Gasteiger partial charge in [-0.15, -0.1) is 10.2 Å². The lowest BCUT2D eigenvalue weighted by atomic mass is 10.0. The van der Waals surface area contributed by atoms with E-state index in [0.29, 0.717) is 54.9 Å². The van der Waals surface area contributed by atoms with Crippen molar-refractivity contribution in [3.05, 3.63) is 95.8 Å². The van der Waals surface area contributed by atoms with E-state index in [9.17, 15) is 14.7 Å². The summed E-state index contributed by atoms with van der Waals surface area (Å²) in [7, 11) is 1.91. The van der Waals surface area contributed by atoms with E-state index in [1.807, 2.05) is 72.3 Å². The summed E-state index contributed by atoms with van der Waals surface area (Å²) in [6, 6.07) is 22.4. The predicted octanol–water partition coefficient (Wildman–Crippen LogP) is 5.76. The van der Waals surface area contributed by atoms with Crippen LogP contribution in [0, 0.1) is 0 Å². The Hall–Kier alpha value is -4.23. The summed E-state index contributed by atoms with van der Waals surface area (Å²) < 4.78 is 14.8. The van der Waals surface area contributed by atoms with Crippen LogP contribution in [0.1, 0.15) is 67.6 Å². The van der Waals surface area contributed by atoms with Gasteiger partial charge in [0.1, 0.15) is 6.33 Å². The molecule has 1 aromatic heterocycles. The number of rotatable bonds is 14. The highest BCUT2D eigenvalue weighted by molar-refractivity contribution is 7.99. The molecule has 0 bridgehead atoms. The molecule has 1 aliphatic rings. The second kappa shape index (κ2) is 16.4. The smallest absolute Gasteiger partial charge is 0.224 e. The number of hydrogen-bond acceptors (Lipinski definition) is 9. The standard InChI is InChI=1S/C34H40N6O5S/c1-40-22-36-39-34(40)46-21-27-19-30(24-16-14-23(20-41)15-17-24)45-33(44-27)25-8-7-9-26(18-25)37-31(42)12-3-2-4-13-32(43)38-29-11-6-5-10-28(29)35/h5-11,14-18,22,27,30,33,41H,2-4,12-13,19-21,35H2,1H3,(H,37,42)(H,38,43)/t27-,30+,33+/m1/s1. The number of nitrogens with two attached hydrogens (primary N) is 1. The Morgan fingerprint density at radius 1 is 0.957 bits per heavy atom. The third-order valence-corrected chi connectivity index (χ3v) is 8.83. The van der Waals surface area contributed by atoms with Gasteiger partial charge >= 0.3 is 0 Å². The monoisotopic (exact) mass is 644 g/mol. The van der Waals surface area contributed by atoms with Crippen molar-refractivity contribution >= 4 is 40.6 Å². The summed E-state index contributed by atoms with van der Waals surface area (Å²) in [6.07, 6.45) is 4.14. The maximum atomic E-state index is 12.7. The summed E-state index contributed by atoms with van der Waals surface area (Å²) in [4.78, 5) is 25.0. The van der Waals surface area contributed by atoms with Gasteiger partial charge in [0, 0.05) is 43.3 Å². The van der Waals surface area contributed by atoms with Gasteiger partial charge in [-0.3, -0.25) is 9.59 Å². The Morgan fingerprint density at radius 2 is 1.72 bits per heavy atom. The first-order chi connectivity index (χ1) is 22.4. The molecule has 2 heterocycles. The Bertz CT molecular complexity index is 1600. The average molecular weight is 645 g/mol. The number of thioether (sulfide) groups is 1. The molecule has 12 heteroatoms. The number of ether oxygens (including phenoxy) is 2. The summed E-state index contributed by atoms with van der Waals surface area (Å²) in [6.45, 7) is -0.0190. The van der Waals surface area contributed by atoms with Crippen molar-refractivity contribution in [3.63, 3.8) is 0 Å². The number of aryl methyl sites for hydroxylation is 1. The number of benzene rings is 3. The second-order valence-electron chi connectivity index (χ2n) is 11.3. The molecule has 1 saturated heterocycles. The van der Waals surface area contributed by atoms with Gasteiger partial charge in [-0.05, 0) is 48.2 Å². The molecule has 1 fully saturated rings. The first-order valence-corrected chi connectivity index (χ1v) is 16.4. The van der Waals surface area contributed by atoms with Crippen molar-refractivity contribution in [1.29, 1.82) is 0 Å². The van der Waals surface area contributed by atoms with Gasteiger partial charge in [0.2, 0.25) is 11.8 Å². The molecular weight excluding hydrogens is 604 g/mol. The number of para-hydroxylation sites is 2. The van der Waals surface area contributed by atoms with Gasteiger partial charge in [0.05, 0.1) is 30.2 Å². The van der Waals surface area contributed by atoms with Crippen LogP contribution in [0.2, 0.25) is 0 Å². The zero-order chi connectivity index (χ0) is 32.3. The van der Waals surface area contributed by atoms with Crippen molar-refractivity contribution in [1.82, 2.24) is 14.8 Å². The molecule has 2 amide bonds. The van der Waals surface area contributed by atoms with E-state index in [1.165, 1.54) is 0 Å². The number of amides is 2. The number of carbonyl (C=O) groups excluding carboxylic acids is 2. The molecule has 3 atom stereocenters. The van der Waals surface area contributed by atoms with Gasteiger partial charge in [-0.2, -0.15) is 0 Å². The number of aliphatic hydroxyl groups excluding tert-OH is 1. The van der Waals surface area contributed by atoms with Crippen LogP contribution in [0.3, 0.4) is 0 Å². The normalized spacial score (nSPS) is 17.8. The molecule has 5 rings (SSSR count). The Kier molecular flexibility index (Phi) is 11.8. The zero-order valence-electron chi connectivity index (χ0n) is 25.8. The summed E-state index contributed by atoms with van der Waals surface area (Å²) in [5.41, 5.74) is 10.3. The van der Waals surface area contributed by atoms with E-state index >= 15 is 0 Å². The minimum absolute atomic E-state index is 0.0190. The lowest BCUT2D eigenvalue weighted by molar-refractivity contribution is -0.245. The van der Waals surface area contributed by atoms with Crippen LogP contribution in [0.5, 0.6) is 0 Å². The molecule has 242 valence electrons. The quantitative estimate of drug-likeness (QED) is 0.0763. The second-order valence-corrected chi connectivity index (χ2v) is 12.2. The number of unbranched alkanes of at least 4 members (excludes halogenated alkanes) is 2. The summed E-state index contributed by atoms with van der Waals surface area (Å²) in [5.74, 6) is 0.477. The minimum Gasteiger partial charge on any atom is -0.397 e. The van der Waals surface area contributed by atoms with Gasteiger partial charge in [0.15, 0.2) is 11.4 Å². The van der Waals surface area contributed by atoms with E-state index in [-0.39, 0.29) is 30.6 Å². The largest absolute Gasteiger partial charge is 0.397 e. The number of hydrogen-bond donors (Lipinski definition) is 4. The highest BCUT2D eigenvalue weighted by Crippen LogP contribution is 2.39. The molecule has 1 aliphatic heterocycles. The number of anilines is 3. The van der Waals surface area contributed by atoms with Crippen LogP contribution in [0.4, 0.5) is 17.1 Å². The first kappa shape index (κ1) is 33.1. The van der Waals surface area contributed by atoms with Crippen LogP contribution >= 0.6 is 11.8 Å². The molecular formula is C34H40N6O5S. The van der Waals surface area contributed by atoms with Gasteiger partial charge in [0.25, 0.3) is 0 Å². The van der Waals surface area contributed by atoms with Gasteiger partial charge < -0.3 is 35.5 Å².